The molecule has 11 heteroatoms. The highest BCUT2D eigenvalue weighted by Crippen LogP contribution is 2.30. The molecule has 2 heterocycles. The normalized spacial score (nSPS) is 16.1. The standard InChI is InChI=1S/C24H26N4O6S/c1-15-22(16(2)34-27-15)35(31,32)28-14-6-8-20(28)24(30)25-18-12-10-17(11-13-18)23(29)26-19-7-4-5-9-21(19)33-3/h4-5,7,9-13,20H,6,8,14H2,1-3H3,(H,25,30)(H,26,29)/t20-/m0/s1. The Balaban J connectivity index is 1.45. The molecule has 0 bridgehead atoms. The first-order valence-electron chi connectivity index (χ1n) is 11.0. The summed E-state index contributed by atoms with van der Waals surface area (Å²) in [6.07, 6.45) is 0.955. The van der Waals surface area contributed by atoms with E-state index in [1.807, 2.05) is 0 Å². The second kappa shape index (κ2) is 9.88. The number of nitrogens with one attached hydrogen (secondary N) is 2. The Hall–Kier alpha value is -3.70. The number of anilines is 2. The molecule has 0 spiro atoms. The Labute approximate surface area is 203 Å². The third kappa shape index (κ3) is 4.91. The molecule has 2 N–H and O–H groups in total. The van der Waals surface area contributed by atoms with Gasteiger partial charge in [-0.2, -0.15) is 4.31 Å². The highest BCUT2D eigenvalue weighted by atomic mass is 32.2. The minimum Gasteiger partial charge on any atom is -0.495 e. The molecule has 10 nitrogen and oxygen atoms in total. The Kier molecular flexibility index (Phi) is 6.90. The van der Waals surface area contributed by atoms with Crippen molar-refractivity contribution < 1.29 is 27.3 Å². The molecule has 1 aliphatic heterocycles. The maximum absolute atomic E-state index is 13.2. The highest BCUT2D eigenvalue weighted by molar-refractivity contribution is 7.89. The first-order valence-corrected chi connectivity index (χ1v) is 12.5. The van der Waals surface area contributed by atoms with Crippen LogP contribution in [0.2, 0.25) is 0 Å². The number of carbonyl (C=O) groups is 2. The number of hydrogen-bond donors (Lipinski definition) is 2. The minimum atomic E-state index is -3.94. The van der Waals surface area contributed by atoms with Crippen molar-refractivity contribution in [3.8, 4) is 5.75 Å². The molecule has 0 aliphatic carbocycles. The van der Waals surface area contributed by atoms with Crippen LogP contribution in [0.5, 0.6) is 5.75 Å². The number of carbonyl (C=O) groups excluding carboxylic acids is 2. The summed E-state index contributed by atoms with van der Waals surface area (Å²) < 4.78 is 37.9. The van der Waals surface area contributed by atoms with E-state index >= 15 is 0 Å². The molecule has 2 aromatic carbocycles. The molecular weight excluding hydrogens is 472 g/mol. The fraction of sp³-hybridized carbons (Fsp3) is 0.292. The molecule has 1 aromatic heterocycles. The van der Waals surface area contributed by atoms with Crippen LogP contribution in [0, 0.1) is 13.8 Å². The van der Waals surface area contributed by atoms with Crippen molar-refractivity contribution in [1.29, 1.82) is 0 Å². The van der Waals surface area contributed by atoms with Crippen LogP contribution in [0.15, 0.2) is 57.9 Å². The van der Waals surface area contributed by atoms with Crippen molar-refractivity contribution in [1.82, 2.24) is 9.46 Å². The average Bonchev–Trinajstić information content (AvgIpc) is 3.47. The molecule has 2 amide bonds. The SMILES string of the molecule is COc1ccccc1NC(=O)c1ccc(NC(=O)[C@@H]2CCCN2S(=O)(=O)c2c(C)noc2C)cc1. The molecule has 184 valence electrons. The van der Waals surface area contributed by atoms with Crippen LogP contribution < -0.4 is 15.4 Å². The molecular formula is C24H26N4O6S. The molecule has 0 unspecified atom stereocenters. The maximum Gasteiger partial charge on any atom is 0.255 e. The van der Waals surface area contributed by atoms with Gasteiger partial charge in [0.1, 0.15) is 22.4 Å². The fourth-order valence-electron chi connectivity index (χ4n) is 4.12. The van der Waals surface area contributed by atoms with E-state index in [2.05, 4.69) is 15.8 Å². The van der Waals surface area contributed by atoms with E-state index in [-0.39, 0.29) is 28.8 Å². The van der Waals surface area contributed by atoms with Crippen molar-refractivity contribution in [3.63, 3.8) is 0 Å². The summed E-state index contributed by atoms with van der Waals surface area (Å²) in [5.74, 6) is -0.0445. The smallest absolute Gasteiger partial charge is 0.255 e. The number of hydrogen-bond acceptors (Lipinski definition) is 7. The number of rotatable bonds is 7. The van der Waals surface area contributed by atoms with Gasteiger partial charge in [-0.15, -0.1) is 0 Å². The van der Waals surface area contributed by atoms with Crippen molar-refractivity contribution >= 4 is 33.2 Å². The lowest BCUT2D eigenvalue weighted by atomic mass is 10.1. The Morgan fingerprint density at radius 3 is 2.46 bits per heavy atom. The van der Waals surface area contributed by atoms with Crippen molar-refractivity contribution in [2.24, 2.45) is 0 Å². The van der Waals surface area contributed by atoms with Crippen LogP contribution in [0.3, 0.4) is 0 Å². The van der Waals surface area contributed by atoms with E-state index in [9.17, 15) is 18.0 Å². The fourth-order valence-corrected chi connectivity index (χ4v) is 6.07. The summed E-state index contributed by atoms with van der Waals surface area (Å²) in [6.45, 7) is 3.32. The minimum absolute atomic E-state index is 0.00242. The van der Waals surface area contributed by atoms with Crippen molar-refractivity contribution in [2.75, 3.05) is 24.3 Å². The summed E-state index contributed by atoms with van der Waals surface area (Å²) >= 11 is 0. The first kappa shape index (κ1) is 24.4. The Morgan fingerprint density at radius 1 is 1.09 bits per heavy atom. The maximum atomic E-state index is 13.2. The van der Waals surface area contributed by atoms with Gasteiger partial charge in [-0.1, -0.05) is 17.3 Å². The van der Waals surface area contributed by atoms with Gasteiger partial charge in [0, 0.05) is 17.8 Å². The number of sulfonamides is 1. The molecule has 0 radical (unpaired) electrons. The molecule has 1 saturated heterocycles. The summed E-state index contributed by atoms with van der Waals surface area (Å²) in [5.41, 5.74) is 1.64. The van der Waals surface area contributed by atoms with E-state index in [1.165, 1.54) is 18.3 Å². The van der Waals surface area contributed by atoms with Crippen molar-refractivity contribution in [2.45, 2.75) is 37.6 Å². The quantitative estimate of drug-likeness (QED) is 0.511. The molecule has 4 rings (SSSR count). The van der Waals surface area contributed by atoms with E-state index < -0.39 is 22.0 Å². The zero-order valence-electron chi connectivity index (χ0n) is 19.6. The van der Waals surface area contributed by atoms with Crippen molar-refractivity contribution in [3.05, 3.63) is 65.5 Å². The van der Waals surface area contributed by atoms with Crippen LogP contribution in [0.4, 0.5) is 11.4 Å². The van der Waals surface area contributed by atoms with Gasteiger partial charge in [0.2, 0.25) is 15.9 Å². The number of aromatic nitrogens is 1. The van der Waals surface area contributed by atoms with Gasteiger partial charge in [-0.05, 0) is 63.1 Å². The van der Waals surface area contributed by atoms with Gasteiger partial charge in [0.25, 0.3) is 5.91 Å². The van der Waals surface area contributed by atoms with Gasteiger partial charge in [0.05, 0.1) is 12.8 Å². The van der Waals surface area contributed by atoms with Gasteiger partial charge < -0.3 is 19.9 Å². The van der Waals surface area contributed by atoms with Gasteiger partial charge >= 0.3 is 0 Å². The first-order chi connectivity index (χ1) is 16.7. The predicted octanol–water partition coefficient (Wildman–Crippen LogP) is 3.34. The third-order valence-electron chi connectivity index (χ3n) is 5.81. The van der Waals surface area contributed by atoms with E-state index in [0.717, 1.165) is 0 Å². The van der Waals surface area contributed by atoms with E-state index in [0.29, 0.717) is 35.5 Å². The van der Waals surface area contributed by atoms with Crippen LogP contribution >= 0.6 is 0 Å². The number of nitrogens with zero attached hydrogens (tertiary/aromatic N) is 2. The van der Waals surface area contributed by atoms with Crippen LogP contribution in [-0.4, -0.2) is 49.4 Å². The lowest BCUT2D eigenvalue weighted by Gasteiger charge is -2.23. The zero-order valence-corrected chi connectivity index (χ0v) is 20.4. The molecule has 1 atom stereocenters. The lowest BCUT2D eigenvalue weighted by molar-refractivity contribution is -0.119. The van der Waals surface area contributed by atoms with E-state index in [4.69, 9.17) is 9.26 Å². The Morgan fingerprint density at radius 2 is 1.80 bits per heavy atom. The number of methoxy groups -OCH3 is 1. The van der Waals surface area contributed by atoms with Gasteiger partial charge in [-0.25, -0.2) is 8.42 Å². The monoisotopic (exact) mass is 498 g/mol. The molecule has 1 fully saturated rings. The van der Waals surface area contributed by atoms with E-state index in [1.54, 1.807) is 55.5 Å². The number of amides is 2. The highest BCUT2D eigenvalue weighted by Gasteiger charge is 2.41. The lowest BCUT2D eigenvalue weighted by Crippen LogP contribution is -2.43. The summed E-state index contributed by atoms with van der Waals surface area (Å²) in [6, 6.07) is 12.5. The van der Waals surface area contributed by atoms with Gasteiger partial charge in [0.15, 0.2) is 5.76 Å². The number of para-hydroxylation sites is 2. The number of ether oxygens (including phenoxy) is 1. The van der Waals surface area contributed by atoms with Crippen LogP contribution in [-0.2, 0) is 14.8 Å². The molecule has 3 aromatic rings. The second-order valence-corrected chi connectivity index (χ2v) is 9.98. The van der Waals surface area contributed by atoms with Gasteiger partial charge in [-0.3, -0.25) is 9.59 Å². The third-order valence-corrected chi connectivity index (χ3v) is 7.96. The summed E-state index contributed by atoms with van der Waals surface area (Å²) in [7, 11) is -2.42. The topological polar surface area (TPSA) is 131 Å². The second-order valence-electron chi connectivity index (χ2n) is 8.15. The summed E-state index contributed by atoms with van der Waals surface area (Å²) in [5, 5.41) is 9.28. The average molecular weight is 499 g/mol. The molecule has 35 heavy (non-hydrogen) atoms. The predicted molar refractivity (Wildman–Crippen MR) is 129 cm³/mol. The summed E-state index contributed by atoms with van der Waals surface area (Å²) in [4.78, 5) is 25.6. The molecule has 0 saturated carbocycles. The molecule has 1 aliphatic rings. The zero-order chi connectivity index (χ0) is 25.2. The Bertz CT molecular complexity index is 1330. The number of aryl methyl sites for hydroxylation is 2. The van der Waals surface area contributed by atoms with Crippen LogP contribution in [0.25, 0.3) is 0 Å². The van der Waals surface area contributed by atoms with Crippen LogP contribution in [0.1, 0.15) is 34.7 Å². The largest absolute Gasteiger partial charge is 0.495 e. The number of benzene rings is 2.